The van der Waals surface area contributed by atoms with Gasteiger partial charge in [0.15, 0.2) is 0 Å². The minimum Gasteiger partial charge on any atom is -0.489 e. The van der Waals surface area contributed by atoms with Gasteiger partial charge in [-0.2, -0.15) is 13.2 Å². The summed E-state index contributed by atoms with van der Waals surface area (Å²) in [7, 11) is 1.60. The number of alkyl halides is 3. The first-order valence-electron chi connectivity index (χ1n) is 10.2. The number of nitrogens with one attached hydrogen (secondary N) is 1. The number of benzene rings is 2. The normalized spacial score (nSPS) is 11.5. The standard InChI is InChI=1S/C24H25F3N2O3/c1-28-23(30)16-29(15-22-6-3-13-31-22)12-11-18-4-2-5-21(14-18)32-17-19-7-9-20(10-8-19)24(25,26)27/h2-10,13-14H,11-12,15-17H2,1H3,(H,28,30). The number of carbonyl (C=O) groups is 1. The lowest BCUT2D eigenvalue weighted by Gasteiger charge is -2.20. The number of amides is 1. The van der Waals surface area contributed by atoms with E-state index in [0.717, 1.165) is 23.5 Å². The second-order valence-electron chi connectivity index (χ2n) is 7.34. The lowest BCUT2D eigenvalue weighted by atomic mass is 10.1. The molecule has 0 aliphatic rings. The Balaban J connectivity index is 1.56. The molecular formula is C24H25F3N2O3. The molecule has 0 saturated heterocycles. The van der Waals surface area contributed by atoms with Gasteiger partial charge in [-0.3, -0.25) is 9.69 Å². The molecule has 0 unspecified atom stereocenters. The van der Waals surface area contributed by atoms with Gasteiger partial charge in [0.1, 0.15) is 18.1 Å². The van der Waals surface area contributed by atoms with Crippen LogP contribution in [0.4, 0.5) is 13.2 Å². The Hall–Kier alpha value is -3.26. The molecule has 0 aliphatic carbocycles. The van der Waals surface area contributed by atoms with Crippen molar-refractivity contribution in [3.63, 3.8) is 0 Å². The fourth-order valence-electron chi connectivity index (χ4n) is 3.15. The number of furan rings is 1. The zero-order chi connectivity index (χ0) is 23.0. The predicted octanol–water partition coefficient (Wildman–Crippen LogP) is 4.67. The number of carbonyl (C=O) groups excluding carboxylic acids is 1. The van der Waals surface area contributed by atoms with Gasteiger partial charge in [-0.25, -0.2) is 0 Å². The van der Waals surface area contributed by atoms with Crippen LogP contribution in [0.2, 0.25) is 0 Å². The van der Waals surface area contributed by atoms with E-state index >= 15 is 0 Å². The SMILES string of the molecule is CNC(=O)CN(CCc1cccc(OCc2ccc(C(F)(F)F)cc2)c1)Cc1ccco1. The lowest BCUT2D eigenvalue weighted by Crippen LogP contribution is -2.36. The summed E-state index contributed by atoms with van der Waals surface area (Å²) in [4.78, 5) is 13.8. The van der Waals surface area contributed by atoms with Crippen LogP contribution in [0.3, 0.4) is 0 Å². The molecule has 0 saturated carbocycles. The first-order valence-corrected chi connectivity index (χ1v) is 10.2. The maximum Gasteiger partial charge on any atom is 0.416 e. The van der Waals surface area contributed by atoms with E-state index in [1.807, 2.05) is 35.2 Å². The van der Waals surface area contributed by atoms with Crippen molar-refractivity contribution < 1.29 is 27.1 Å². The Morgan fingerprint density at radius 3 is 2.50 bits per heavy atom. The van der Waals surface area contributed by atoms with Gasteiger partial charge in [0.05, 0.1) is 24.9 Å². The summed E-state index contributed by atoms with van der Waals surface area (Å²) in [5.41, 5.74) is 0.994. The van der Waals surface area contributed by atoms with Crippen LogP contribution < -0.4 is 10.1 Å². The minimum atomic E-state index is -4.35. The van der Waals surface area contributed by atoms with Gasteiger partial charge >= 0.3 is 6.18 Å². The van der Waals surface area contributed by atoms with Gasteiger partial charge in [-0.05, 0) is 53.9 Å². The van der Waals surface area contributed by atoms with E-state index in [0.29, 0.717) is 30.8 Å². The van der Waals surface area contributed by atoms with Crippen molar-refractivity contribution in [1.29, 1.82) is 0 Å². The molecule has 0 spiro atoms. The molecule has 2 aromatic carbocycles. The maximum atomic E-state index is 12.7. The minimum absolute atomic E-state index is 0.0785. The third-order valence-electron chi connectivity index (χ3n) is 4.91. The molecule has 0 atom stereocenters. The average molecular weight is 446 g/mol. The highest BCUT2D eigenvalue weighted by molar-refractivity contribution is 5.77. The summed E-state index contributed by atoms with van der Waals surface area (Å²) >= 11 is 0. The van der Waals surface area contributed by atoms with Gasteiger partial charge in [0, 0.05) is 13.6 Å². The summed E-state index contributed by atoms with van der Waals surface area (Å²) in [6.45, 7) is 1.57. The van der Waals surface area contributed by atoms with E-state index in [2.05, 4.69) is 5.32 Å². The molecule has 1 aromatic heterocycles. The number of rotatable bonds is 10. The van der Waals surface area contributed by atoms with Gasteiger partial charge in [0.25, 0.3) is 0 Å². The Morgan fingerprint density at radius 2 is 1.84 bits per heavy atom. The Morgan fingerprint density at radius 1 is 1.06 bits per heavy atom. The molecule has 5 nitrogen and oxygen atoms in total. The molecule has 1 N–H and O–H groups in total. The third kappa shape index (κ3) is 7.16. The second-order valence-corrected chi connectivity index (χ2v) is 7.34. The van der Waals surface area contributed by atoms with Crippen molar-refractivity contribution in [2.45, 2.75) is 25.7 Å². The topological polar surface area (TPSA) is 54.7 Å². The van der Waals surface area contributed by atoms with Crippen molar-refractivity contribution in [3.05, 3.63) is 89.4 Å². The quantitative estimate of drug-likeness (QED) is 0.492. The summed E-state index contributed by atoms with van der Waals surface area (Å²) < 4.78 is 49.2. The number of likely N-dealkylation sites (N-methyl/N-ethyl adjacent to an activating group) is 1. The van der Waals surface area contributed by atoms with Crippen LogP contribution in [0, 0.1) is 0 Å². The predicted molar refractivity (Wildman–Crippen MR) is 114 cm³/mol. The molecule has 1 amide bonds. The second kappa shape index (κ2) is 10.9. The van der Waals surface area contributed by atoms with Gasteiger partial charge in [-0.1, -0.05) is 24.3 Å². The molecule has 0 bridgehead atoms. The van der Waals surface area contributed by atoms with Crippen LogP contribution in [-0.4, -0.2) is 30.9 Å². The highest BCUT2D eigenvalue weighted by Gasteiger charge is 2.29. The number of hydrogen-bond donors (Lipinski definition) is 1. The van der Waals surface area contributed by atoms with Crippen molar-refractivity contribution in [3.8, 4) is 5.75 Å². The van der Waals surface area contributed by atoms with E-state index in [1.54, 1.807) is 19.4 Å². The van der Waals surface area contributed by atoms with Gasteiger partial charge in [-0.15, -0.1) is 0 Å². The monoisotopic (exact) mass is 446 g/mol. The smallest absolute Gasteiger partial charge is 0.416 e. The van der Waals surface area contributed by atoms with Gasteiger partial charge < -0.3 is 14.5 Å². The van der Waals surface area contributed by atoms with Crippen molar-refractivity contribution in [2.75, 3.05) is 20.1 Å². The molecule has 8 heteroatoms. The van der Waals surface area contributed by atoms with Crippen LogP contribution in [-0.2, 0) is 30.5 Å². The van der Waals surface area contributed by atoms with Crippen LogP contribution >= 0.6 is 0 Å². The Bertz CT molecular complexity index is 986. The number of ether oxygens (including phenoxy) is 1. The first-order chi connectivity index (χ1) is 15.3. The largest absolute Gasteiger partial charge is 0.489 e. The molecule has 0 aliphatic heterocycles. The fraction of sp³-hybridized carbons (Fsp3) is 0.292. The van der Waals surface area contributed by atoms with Crippen LogP contribution in [0.1, 0.15) is 22.5 Å². The summed E-state index contributed by atoms with van der Waals surface area (Å²) in [6.07, 6.45) is -2.06. The van der Waals surface area contributed by atoms with Gasteiger partial charge in [0.2, 0.25) is 5.91 Å². The molecule has 170 valence electrons. The fourth-order valence-corrected chi connectivity index (χ4v) is 3.15. The van der Waals surface area contributed by atoms with E-state index in [4.69, 9.17) is 9.15 Å². The molecule has 3 aromatic rings. The van der Waals surface area contributed by atoms with E-state index in [-0.39, 0.29) is 19.1 Å². The van der Waals surface area contributed by atoms with Crippen molar-refractivity contribution in [2.24, 2.45) is 0 Å². The third-order valence-corrected chi connectivity index (χ3v) is 4.91. The molecule has 0 fully saturated rings. The molecule has 32 heavy (non-hydrogen) atoms. The highest BCUT2D eigenvalue weighted by Crippen LogP contribution is 2.29. The van der Waals surface area contributed by atoms with E-state index in [1.165, 1.54) is 12.1 Å². The molecule has 0 radical (unpaired) electrons. The molecule has 3 rings (SSSR count). The number of nitrogens with zero attached hydrogens (tertiary/aromatic N) is 1. The summed E-state index contributed by atoms with van der Waals surface area (Å²) in [5.74, 6) is 1.33. The summed E-state index contributed by atoms with van der Waals surface area (Å²) in [6, 6.07) is 16.1. The highest BCUT2D eigenvalue weighted by atomic mass is 19.4. The van der Waals surface area contributed by atoms with Crippen molar-refractivity contribution in [1.82, 2.24) is 10.2 Å². The maximum absolute atomic E-state index is 12.7. The first kappa shape index (κ1) is 23.4. The van der Waals surface area contributed by atoms with Crippen LogP contribution in [0.5, 0.6) is 5.75 Å². The molecule has 1 heterocycles. The zero-order valence-corrected chi connectivity index (χ0v) is 17.7. The summed E-state index contributed by atoms with van der Waals surface area (Å²) in [5, 5.41) is 2.63. The number of hydrogen-bond acceptors (Lipinski definition) is 4. The average Bonchev–Trinajstić information content (AvgIpc) is 3.29. The van der Waals surface area contributed by atoms with Crippen molar-refractivity contribution >= 4 is 5.91 Å². The van der Waals surface area contributed by atoms with Crippen LogP contribution in [0.25, 0.3) is 0 Å². The molecular weight excluding hydrogens is 421 g/mol. The zero-order valence-electron chi connectivity index (χ0n) is 17.7. The number of halogens is 3. The Labute approximate surface area is 184 Å². The lowest BCUT2D eigenvalue weighted by molar-refractivity contribution is -0.137. The Kier molecular flexibility index (Phi) is 7.94. The van der Waals surface area contributed by atoms with E-state index in [9.17, 15) is 18.0 Å². The van der Waals surface area contributed by atoms with E-state index < -0.39 is 11.7 Å². The van der Waals surface area contributed by atoms with Crippen LogP contribution in [0.15, 0.2) is 71.3 Å².